The number of aromatic nitrogens is 2. The van der Waals surface area contributed by atoms with Crippen molar-refractivity contribution in [2.24, 2.45) is 5.92 Å². The summed E-state index contributed by atoms with van der Waals surface area (Å²) < 4.78 is 1.22. The highest BCUT2D eigenvalue weighted by Gasteiger charge is 2.29. The number of hydrogen-bond donors (Lipinski definition) is 2. The third-order valence-electron chi connectivity index (χ3n) is 3.64. The lowest BCUT2D eigenvalue weighted by Gasteiger charge is -2.09. The first-order chi connectivity index (χ1) is 10.6. The predicted octanol–water partition coefficient (Wildman–Crippen LogP) is 0.262. The van der Waals surface area contributed by atoms with Crippen LogP contribution in [0.4, 0.5) is 0 Å². The van der Waals surface area contributed by atoms with Crippen LogP contribution < -0.4 is 16.4 Å². The average Bonchev–Trinajstić information content (AvgIpc) is 3.33. The van der Waals surface area contributed by atoms with Crippen molar-refractivity contribution in [1.29, 1.82) is 0 Å². The van der Waals surface area contributed by atoms with Crippen molar-refractivity contribution in [2.75, 3.05) is 0 Å². The van der Waals surface area contributed by atoms with Crippen LogP contribution in [0.1, 0.15) is 18.4 Å². The van der Waals surface area contributed by atoms with E-state index >= 15 is 0 Å². The van der Waals surface area contributed by atoms with Gasteiger partial charge in [0.1, 0.15) is 6.54 Å². The van der Waals surface area contributed by atoms with Gasteiger partial charge in [-0.05, 0) is 31.4 Å². The molecule has 0 radical (unpaired) electrons. The summed E-state index contributed by atoms with van der Waals surface area (Å²) in [5.74, 6) is -0.647. The summed E-state index contributed by atoms with van der Waals surface area (Å²) in [5.41, 5.74) is 5.93. The van der Waals surface area contributed by atoms with Crippen LogP contribution in [0.2, 0.25) is 0 Å². The second-order valence-corrected chi connectivity index (χ2v) is 5.46. The van der Waals surface area contributed by atoms with Crippen LogP contribution >= 0.6 is 0 Å². The van der Waals surface area contributed by atoms with Gasteiger partial charge in [-0.3, -0.25) is 29.8 Å². The minimum absolute atomic E-state index is 0.00772. The molecule has 1 aromatic carbocycles. The molecule has 0 saturated heterocycles. The van der Waals surface area contributed by atoms with E-state index in [0.717, 1.165) is 18.4 Å². The zero-order valence-electron chi connectivity index (χ0n) is 12.1. The van der Waals surface area contributed by atoms with E-state index in [9.17, 15) is 14.4 Å². The fraction of sp³-hybridized carbons (Fsp3) is 0.333. The van der Waals surface area contributed by atoms with E-state index < -0.39 is 5.91 Å². The molecular weight excluding hydrogens is 284 g/mol. The molecule has 0 bridgehead atoms. The van der Waals surface area contributed by atoms with Gasteiger partial charge in [-0.1, -0.05) is 12.1 Å². The number of benzene rings is 1. The molecular formula is C15H16N4O3. The number of hydrazine groups is 1. The molecule has 0 aliphatic heterocycles. The molecule has 2 N–H and O–H groups in total. The minimum atomic E-state index is -0.468. The summed E-state index contributed by atoms with van der Waals surface area (Å²) in [7, 11) is 0. The first-order valence-electron chi connectivity index (χ1n) is 7.09. The van der Waals surface area contributed by atoms with E-state index in [1.54, 1.807) is 12.1 Å². The number of carbonyl (C=O) groups excluding carboxylic acids is 2. The quantitative estimate of drug-likeness (QED) is 0.795. The number of nitrogens with zero attached hydrogens (tertiary/aromatic N) is 2. The first kappa shape index (κ1) is 14.2. The van der Waals surface area contributed by atoms with Gasteiger partial charge in [0, 0.05) is 5.92 Å². The highest BCUT2D eigenvalue weighted by Crippen LogP contribution is 2.28. The Morgan fingerprint density at radius 3 is 2.82 bits per heavy atom. The second kappa shape index (κ2) is 5.59. The van der Waals surface area contributed by atoms with Crippen molar-refractivity contribution in [2.45, 2.75) is 26.3 Å². The molecule has 0 spiro atoms. The SMILES string of the molecule is Cc1cccc2c(=O)n(CC(=O)NNC(=O)C3CC3)cnc12. The summed E-state index contributed by atoms with van der Waals surface area (Å²) >= 11 is 0. The van der Waals surface area contributed by atoms with Gasteiger partial charge in [0.05, 0.1) is 17.2 Å². The molecule has 1 aromatic heterocycles. The molecule has 7 heteroatoms. The summed E-state index contributed by atoms with van der Waals surface area (Å²) in [6, 6.07) is 5.33. The zero-order valence-corrected chi connectivity index (χ0v) is 12.1. The number of hydrogen-bond acceptors (Lipinski definition) is 4. The molecule has 7 nitrogen and oxygen atoms in total. The van der Waals surface area contributed by atoms with Crippen LogP contribution in [0, 0.1) is 12.8 Å². The van der Waals surface area contributed by atoms with E-state index in [0.29, 0.717) is 10.9 Å². The zero-order chi connectivity index (χ0) is 15.7. The number of amides is 2. The van der Waals surface area contributed by atoms with Crippen LogP contribution in [-0.2, 0) is 16.1 Å². The molecule has 0 unspecified atom stereocenters. The van der Waals surface area contributed by atoms with Gasteiger partial charge in [0.15, 0.2) is 0 Å². The minimum Gasteiger partial charge on any atom is -0.289 e. The van der Waals surface area contributed by atoms with E-state index in [-0.39, 0.29) is 23.9 Å². The largest absolute Gasteiger partial charge is 0.289 e. The second-order valence-electron chi connectivity index (χ2n) is 5.46. The molecule has 1 aliphatic rings. The molecule has 3 rings (SSSR count). The van der Waals surface area contributed by atoms with Gasteiger partial charge in [-0.2, -0.15) is 0 Å². The number of para-hydroxylation sites is 1. The van der Waals surface area contributed by atoms with Crippen LogP contribution in [-0.4, -0.2) is 21.4 Å². The Morgan fingerprint density at radius 1 is 1.32 bits per heavy atom. The smallest absolute Gasteiger partial charge is 0.261 e. The van der Waals surface area contributed by atoms with Crippen LogP contribution in [0.25, 0.3) is 10.9 Å². The highest BCUT2D eigenvalue weighted by atomic mass is 16.2. The van der Waals surface area contributed by atoms with Crippen molar-refractivity contribution >= 4 is 22.7 Å². The first-order valence-corrected chi connectivity index (χ1v) is 7.09. The van der Waals surface area contributed by atoms with E-state index in [2.05, 4.69) is 15.8 Å². The maximum absolute atomic E-state index is 12.3. The van der Waals surface area contributed by atoms with Crippen molar-refractivity contribution in [3.05, 3.63) is 40.4 Å². The van der Waals surface area contributed by atoms with Crippen molar-refractivity contribution < 1.29 is 9.59 Å². The number of fused-ring (bicyclic) bond motifs is 1. The maximum Gasteiger partial charge on any atom is 0.261 e. The van der Waals surface area contributed by atoms with Gasteiger partial charge in [0.2, 0.25) is 5.91 Å². The fourth-order valence-electron chi connectivity index (χ4n) is 2.22. The van der Waals surface area contributed by atoms with Crippen molar-refractivity contribution in [3.63, 3.8) is 0 Å². The van der Waals surface area contributed by atoms with Crippen LogP contribution in [0.5, 0.6) is 0 Å². The summed E-state index contributed by atoms with van der Waals surface area (Å²) in [4.78, 5) is 39.8. The molecule has 1 heterocycles. The van der Waals surface area contributed by atoms with Gasteiger partial charge in [0.25, 0.3) is 11.5 Å². The van der Waals surface area contributed by atoms with Crippen molar-refractivity contribution in [1.82, 2.24) is 20.4 Å². The third-order valence-corrected chi connectivity index (χ3v) is 3.64. The molecule has 0 atom stereocenters. The molecule has 1 saturated carbocycles. The fourth-order valence-corrected chi connectivity index (χ4v) is 2.22. The maximum atomic E-state index is 12.3. The van der Waals surface area contributed by atoms with Crippen molar-refractivity contribution in [3.8, 4) is 0 Å². The number of nitrogens with one attached hydrogen (secondary N) is 2. The standard InChI is InChI=1S/C15H16N4O3/c1-9-3-2-4-11-13(9)16-8-19(15(11)22)7-12(20)17-18-14(21)10-5-6-10/h2-4,8,10H,5-7H2,1H3,(H,17,20)(H,18,21). The molecule has 1 aliphatic carbocycles. The lowest BCUT2D eigenvalue weighted by atomic mass is 10.1. The highest BCUT2D eigenvalue weighted by molar-refractivity contribution is 5.85. The Morgan fingerprint density at radius 2 is 2.09 bits per heavy atom. The average molecular weight is 300 g/mol. The molecule has 2 aromatic rings. The lowest BCUT2D eigenvalue weighted by Crippen LogP contribution is -2.44. The molecule has 22 heavy (non-hydrogen) atoms. The Labute approximate surface area is 126 Å². The Bertz CT molecular complexity index is 808. The molecule has 2 amide bonds. The summed E-state index contributed by atoms with van der Waals surface area (Å²) in [6.07, 6.45) is 3.06. The number of carbonyl (C=O) groups is 2. The van der Waals surface area contributed by atoms with Gasteiger partial charge >= 0.3 is 0 Å². The Hall–Kier alpha value is -2.70. The van der Waals surface area contributed by atoms with E-state index in [1.807, 2.05) is 13.0 Å². The normalized spacial score (nSPS) is 13.9. The number of rotatable bonds is 3. The van der Waals surface area contributed by atoms with Gasteiger partial charge in [-0.25, -0.2) is 4.98 Å². The summed E-state index contributed by atoms with van der Waals surface area (Å²) in [6.45, 7) is 1.68. The monoisotopic (exact) mass is 300 g/mol. The predicted molar refractivity (Wildman–Crippen MR) is 79.7 cm³/mol. The molecule has 1 fully saturated rings. The Balaban J connectivity index is 1.73. The van der Waals surface area contributed by atoms with Crippen LogP contribution in [0.3, 0.4) is 0 Å². The van der Waals surface area contributed by atoms with E-state index in [4.69, 9.17) is 0 Å². The lowest BCUT2D eigenvalue weighted by molar-refractivity contribution is -0.129. The van der Waals surface area contributed by atoms with E-state index in [1.165, 1.54) is 10.9 Å². The Kier molecular flexibility index (Phi) is 3.62. The number of aryl methyl sites for hydroxylation is 1. The van der Waals surface area contributed by atoms with Crippen LogP contribution in [0.15, 0.2) is 29.3 Å². The topological polar surface area (TPSA) is 93.1 Å². The van der Waals surface area contributed by atoms with Gasteiger partial charge in [-0.15, -0.1) is 0 Å². The van der Waals surface area contributed by atoms with Gasteiger partial charge < -0.3 is 0 Å². The molecule has 114 valence electrons. The third kappa shape index (κ3) is 2.83. The summed E-state index contributed by atoms with van der Waals surface area (Å²) in [5, 5.41) is 0.470.